The van der Waals surface area contributed by atoms with Gasteiger partial charge in [-0.3, -0.25) is 0 Å². The van der Waals surface area contributed by atoms with Crippen LogP contribution in [-0.4, -0.2) is 47.8 Å². The molecule has 1 aromatic heterocycles. The summed E-state index contributed by atoms with van der Waals surface area (Å²) in [5.41, 5.74) is 0.646. The SMILES string of the molecule is CCC(CNc1noc(-c2ccc(Cl)cc2)c1C(=O)O)N(C)C. The number of halogens is 1. The zero-order chi connectivity index (χ0) is 17.0. The van der Waals surface area contributed by atoms with Crippen LogP contribution in [0.4, 0.5) is 5.82 Å². The molecule has 0 aliphatic heterocycles. The van der Waals surface area contributed by atoms with Crippen LogP contribution in [0.25, 0.3) is 11.3 Å². The number of rotatable bonds is 7. The highest BCUT2D eigenvalue weighted by Crippen LogP contribution is 2.30. The maximum absolute atomic E-state index is 11.6. The number of hydrogen-bond acceptors (Lipinski definition) is 5. The van der Waals surface area contributed by atoms with E-state index in [1.165, 1.54) is 0 Å². The molecule has 0 radical (unpaired) electrons. The van der Waals surface area contributed by atoms with Gasteiger partial charge in [-0.05, 0) is 44.8 Å². The van der Waals surface area contributed by atoms with E-state index in [0.29, 0.717) is 17.1 Å². The molecule has 2 N–H and O–H groups in total. The van der Waals surface area contributed by atoms with Crippen LogP contribution in [0.15, 0.2) is 28.8 Å². The number of anilines is 1. The Hall–Kier alpha value is -2.05. The lowest BCUT2D eigenvalue weighted by Crippen LogP contribution is -2.34. The highest BCUT2D eigenvalue weighted by molar-refractivity contribution is 6.30. The molecule has 6 nitrogen and oxygen atoms in total. The molecule has 1 unspecified atom stereocenters. The van der Waals surface area contributed by atoms with Gasteiger partial charge in [0.05, 0.1) is 0 Å². The first-order valence-corrected chi connectivity index (χ1v) is 7.71. The van der Waals surface area contributed by atoms with E-state index >= 15 is 0 Å². The summed E-state index contributed by atoms with van der Waals surface area (Å²) in [6.07, 6.45) is 0.935. The maximum Gasteiger partial charge on any atom is 0.343 e. The Morgan fingerprint density at radius 1 is 1.39 bits per heavy atom. The number of carboxylic acids is 1. The first-order chi connectivity index (χ1) is 10.9. The van der Waals surface area contributed by atoms with Gasteiger partial charge in [0, 0.05) is 23.2 Å². The summed E-state index contributed by atoms with van der Waals surface area (Å²) in [7, 11) is 3.96. The number of nitrogens with zero attached hydrogens (tertiary/aromatic N) is 2. The zero-order valence-electron chi connectivity index (χ0n) is 13.3. The van der Waals surface area contributed by atoms with Crippen LogP contribution in [-0.2, 0) is 0 Å². The Morgan fingerprint density at radius 2 is 2.04 bits per heavy atom. The third-order valence-electron chi connectivity index (χ3n) is 3.72. The Kier molecular flexibility index (Phi) is 5.63. The monoisotopic (exact) mass is 337 g/mol. The maximum atomic E-state index is 11.6. The number of carboxylic acid groups (broad SMARTS) is 1. The third kappa shape index (κ3) is 4.03. The standard InChI is InChI=1S/C16H20ClN3O3/c1-4-12(20(2)3)9-18-15-13(16(21)22)14(23-19-15)10-5-7-11(17)8-6-10/h5-8,12H,4,9H2,1-3H3,(H,18,19)(H,21,22). The molecule has 0 saturated heterocycles. The van der Waals surface area contributed by atoms with Gasteiger partial charge in [0.2, 0.25) is 0 Å². The normalized spacial score (nSPS) is 12.4. The number of nitrogens with one attached hydrogen (secondary N) is 1. The van der Waals surface area contributed by atoms with Gasteiger partial charge in [-0.25, -0.2) is 4.79 Å². The molecule has 2 aromatic rings. The number of carbonyl (C=O) groups is 1. The van der Waals surface area contributed by atoms with Crippen molar-refractivity contribution >= 4 is 23.4 Å². The zero-order valence-corrected chi connectivity index (χ0v) is 14.1. The minimum atomic E-state index is -1.09. The van der Waals surface area contributed by atoms with Crippen LogP contribution in [0.5, 0.6) is 0 Å². The first kappa shape index (κ1) is 17.3. The van der Waals surface area contributed by atoms with E-state index in [1.807, 2.05) is 14.1 Å². The molecule has 0 aliphatic rings. The molecule has 124 valence electrons. The van der Waals surface area contributed by atoms with Gasteiger partial charge >= 0.3 is 5.97 Å². The van der Waals surface area contributed by atoms with Crippen LogP contribution >= 0.6 is 11.6 Å². The first-order valence-electron chi connectivity index (χ1n) is 7.33. The Bertz CT molecular complexity index is 668. The molecule has 23 heavy (non-hydrogen) atoms. The van der Waals surface area contributed by atoms with Crippen molar-refractivity contribution in [1.29, 1.82) is 0 Å². The van der Waals surface area contributed by atoms with E-state index in [2.05, 4.69) is 22.3 Å². The molecule has 1 atom stereocenters. The predicted octanol–water partition coefficient (Wildman–Crippen LogP) is 3.45. The van der Waals surface area contributed by atoms with E-state index in [1.54, 1.807) is 24.3 Å². The number of hydrogen-bond donors (Lipinski definition) is 2. The van der Waals surface area contributed by atoms with Gasteiger partial charge in [-0.2, -0.15) is 0 Å². The minimum absolute atomic E-state index is 0.0286. The van der Waals surface area contributed by atoms with Gasteiger partial charge in [-0.1, -0.05) is 23.7 Å². The number of aromatic nitrogens is 1. The summed E-state index contributed by atoms with van der Waals surface area (Å²) in [6.45, 7) is 2.66. The van der Waals surface area contributed by atoms with Crippen molar-refractivity contribution in [2.45, 2.75) is 19.4 Å². The summed E-state index contributed by atoms with van der Waals surface area (Å²) >= 11 is 5.86. The molecular weight excluding hydrogens is 318 g/mol. The van der Waals surface area contributed by atoms with E-state index in [9.17, 15) is 9.90 Å². The topological polar surface area (TPSA) is 78.6 Å². The van der Waals surface area contributed by atoms with Crippen molar-refractivity contribution in [2.75, 3.05) is 26.0 Å². The molecule has 0 saturated carbocycles. The molecule has 0 fully saturated rings. The van der Waals surface area contributed by atoms with Crippen molar-refractivity contribution in [3.05, 3.63) is 34.9 Å². The molecule has 1 aromatic carbocycles. The van der Waals surface area contributed by atoms with Crippen LogP contribution in [0.2, 0.25) is 5.02 Å². The van der Waals surface area contributed by atoms with Gasteiger partial charge < -0.3 is 19.8 Å². The smallest absolute Gasteiger partial charge is 0.343 e. The van der Waals surface area contributed by atoms with Gasteiger partial charge in [0.15, 0.2) is 17.1 Å². The van der Waals surface area contributed by atoms with Crippen LogP contribution in [0, 0.1) is 0 Å². The average Bonchev–Trinajstić information content (AvgIpc) is 2.92. The van der Waals surface area contributed by atoms with E-state index < -0.39 is 5.97 Å². The molecule has 7 heteroatoms. The average molecular weight is 338 g/mol. The lowest BCUT2D eigenvalue weighted by atomic mass is 10.1. The highest BCUT2D eigenvalue weighted by Gasteiger charge is 2.24. The Labute approximate surface area is 140 Å². The van der Waals surface area contributed by atoms with Crippen molar-refractivity contribution in [2.24, 2.45) is 0 Å². The van der Waals surface area contributed by atoms with Crippen LogP contribution in [0.1, 0.15) is 23.7 Å². The summed E-state index contributed by atoms with van der Waals surface area (Å²) in [5, 5.41) is 17.0. The number of aromatic carboxylic acids is 1. The quantitative estimate of drug-likeness (QED) is 0.805. The molecule has 0 aliphatic carbocycles. The number of likely N-dealkylation sites (N-methyl/N-ethyl adjacent to an activating group) is 1. The van der Waals surface area contributed by atoms with Crippen LogP contribution in [0.3, 0.4) is 0 Å². The fourth-order valence-corrected chi connectivity index (χ4v) is 2.44. The van der Waals surface area contributed by atoms with Gasteiger partial charge in [0.1, 0.15) is 0 Å². The van der Waals surface area contributed by atoms with E-state index in [0.717, 1.165) is 6.42 Å². The molecule has 2 rings (SSSR count). The molecule has 0 bridgehead atoms. The molecule has 1 heterocycles. The minimum Gasteiger partial charge on any atom is -0.477 e. The van der Waals surface area contributed by atoms with E-state index in [4.69, 9.17) is 16.1 Å². The van der Waals surface area contributed by atoms with Crippen molar-refractivity contribution in [3.8, 4) is 11.3 Å². The van der Waals surface area contributed by atoms with E-state index in [-0.39, 0.29) is 23.2 Å². The van der Waals surface area contributed by atoms with Crippen molar-refractivity contribution in [3.63, 3.8) is 0 Å². The summed E-state index contributed by atoms with van der Waals surface area (Å²) < 4.78 is 5.26. The molecule has 0 amide bonds. The summed E-state index contributed by atoms with van der Waals surface area (Å²) in [4.78, 5) is 13.7. The van der Waals surface area contributed by atoms with Gasteiger partial charge in [-0.15, -0.1) is 0 Å². The molecular formula is C16H20ClN3O3. The second kappa shape index (κ2) is 7.48. The lowest BCUT2D eigenvalue weighted by molar-refractivity contribution is 0.0698. The summed E-state index contributed by atoms with van der Waals surface area (Å²) in [5.74, 6) is -0.631. The van der Waals surface area contributed by atoms with Crippen LogP contribution < -0.4 is 5.32 Å². The summed E-state index contributed by atoms with van der Waals surface area (Å²) in [6, 6.07) is 7.03. The Morgan fingerprint density at radius 3 is 2.57 bits per heavy atom. The fraction of sp³-hybridized carbons (Fsp3) is 0.375. The largest absolute Gasteiger partial charge is 0.477 e. The third-order valence-corrected chi connectivity index (χ3v) is 3.97. The lowest BCUT2D eigenvalue weighted by Gasteiger charge is -2.22. The highest BCUT2D eigenvalue weighted by atomic mass is 35.5. The van der Waals surface area contributed by atoms with Gasteiger partial charge in [0.25, 0.3) is 0 Å². The fourth-order valence-electron chi connectivity index (χ4n) is 2.31. The molecule has 0 spiro atoms. The Balaban J connectivity index is 2.28. The van der Waals surface area contributed by atoms with Crippen molar-refractivity contribution in [1.82, 2.24) is 10.1 Å². The predicted molar refractivity (Wildman–Crippen MR) is 90.2 cm³/mol. The second-order valence-corrected chi connectivity index (χ2v) is 5.89. The van der Waals surface area contributed by atoms with Crippen molar-refractivity contribution < 1.29 is 14.4 Å². The number of benzene rings is 1. The second-order valence-electron chi connectivity index (χ2n) is 5.45.